The number of benzene rings is 1. The molecule has 0 saturated heterocycles. The van der Waals surface area contributed by atoms with E-state index < -0.39 is 0 Å². The van der Waals surface area contributed by atoms with Crippen molar-refractivity contribution in [3.63, 3.8) is 0 Å². The molecule has 5 heteroatoms. The molecule has 0 radical (unpaired) electrons. The summed E-state index contributed by atoms with van der Waals surface area (Å²) in [6.07, 6.45) is 1.97. The Morgan fingerprint density at radius 2 is 2.22 bits per heavy atom. The van der Waals surface area contributed by atoms with Gasteiger partial charge in [-0.1, -0.05) is 19.4 Å². The molecule has 0 aliphatic carbocycles. The summed E-state index contributed by atoms with van der Waals surface area (Å²) in [5.74, 6) is 0. The summed E-state index contributed by atoms with van der Waals surface area (Å²) in [6.45, 7) is 3.11. The van der Waals surface area contributed by atoms with Crippen LogP contribution in [0.5, 0.6) is 0 Å². The Labute approximate surface area is 122 Å². The van der Waals surface area contributed by atoms with E-state index in [-0.39, 0.29) is 12.6 Å². The van der Waals surface area contributed by atoms with Gasteiger partial charge in [0, 0.05) is 22.3 Å². The van der Waals surface area contributed by atoms with Gasteiger partial charge >= 0.3 is 6.03 Å². The van der Waals surface area contributed by atoms with Gasteiger partial charge in [-0.25, -0.2) is 4.79 Å². The van der Waals surface area contributed by atoms with E-state index in [9.17, 15) is 4.79 Å². The Bertz CT molecular complexity index is 385. The lowest BCUT2D eigenvalue weighted by Gasteiger charge is -2.22. The zero-order valence-electron chi connectivity index (χ0n) is 10.5. The monoisotopic (exact) mass is 362 g/mol. The first kappa shape index (κ1) is 15.2. The van der Waals surface area contributed by atoms with Crippen molar-refractivity contribution in [2.45, 2.75) is 19.8 Å². The third-order valence-corrected chi connectivity index (χ3v) is 3.19. The van der Waals surface area contributed by atoms with E-state index in [1.54, 1.807) is 4.90 Å². The molecule has 0 aromatic heterocycles. The summed E-state index contributed by atoms with van der Waals surface area (Å²) < 4.78 is 1.08. The van der Waals surface area contributed by atoms with Crippen molar-refractivity contribution < 1.29 is 9.90 Å². The molecule has 2 amide bonds. The second kappa shape index (κ2) is 8.31. The number of nitrogens with zero attached hydrogens (tertiary/aromatic N) is 1. The average Bonchev–Trinajstić information content (AvgIpc) is 2.34. The number of carbonyl (C=O) groups is 1. The van der Waals surface area contributed by atoms with Crippen LogP contribution in [-0.4, -0.2) is 35.7 Å². The minimum Gasteiger partial charge on any atom is -0.395 e. The van der Waals surface area contributed by atoms with Crippen LogP contribution in [0.15, 0.2) is 24.3 Å². The van der Waals surface area contributed by atoms with Gasteiger partial charge in [0.25, 0.3) is 0 Å². The molecule has 0 aliphatic rings. The standard InChI is InChI=1S/C13H19IN2O2/c1-2-3-7-16(8-9-17)13(18)15-12-6-4-5-11(14)10-12/h4-6,10,17H,2-3,7-9H2,1H3,(H,15,18). The van der Waals surface area contributed by atoms with E-state index in [4.69, 9.17) is 5.11 Å². The normalized spacial score (nSPS) is 10.2. The fourth-order valence-electron chi connectivity index (χ4n) is 1.55. The molecule has 1 rings (SSSR count). The summed E-state index contributed by atoms with van der Waals surface area (Å²) in [4.78, 5) is 13.7. The van der Waals surface area contributed by atoms with Gasteiger partial charge in [0.05, 0.1) is 6.61 Å². The molecule has 0 unspecified atom stereocenters. The molecule has 0 fully saturated rings. The van der Waals surface area contributed by atoms with Gasteiger partial charge in [0.2, 0.25) is 0 Å². The predicted molar refractivity (Wildman–Crippen MR) is 81.7 cm³/mol. The number of hydrogen-bond donors (Lipinski definition) is 2. The van der Waals surface area contributed by atoms with Crippen LogP contribution in [0.25, 0.3) is 0 Å². The number of unbranched alkanes of at least 4 members (excludes halogenated alkanes) is 1. The fraction of sp³-hybridized carbons (Fsp3) is 0.462. The maximum atomic E-state index is 12.0. The van der Waals surface area contributed by atoms with E-state index in [1.807, 2.05) is 24.3 Å². The van der Waals surface area contributed by atoms with Crippen LogP contribution < -0.4 is 5.32 Å². The number of urea groups is 1. The van der Waals surface area contributed by atoms with Crippen molar-refractivity contribution in [3.05, 3.63) is 27.8 Å². The van der Waals surface area contributed by atoms with Gasteiger partial charge in [-0.2, -0.15) is 0 Å². The highest BCUT2D eigenvalue weighted by atomic mass is 127. The minimum atomic E-state index is -0.153. The lowest BCUT2D eigenvalue weighted by Crippen LogP contribution is -2.37. The Morgan fingerprint density at radius 3 is 2.83 bits per heavy atom. The van der Waals surface area contributed by atoms with Gasteiger partial charge in [-0.05, 0) is 47.2 Å². The summed E-state index contributed by atoms with van der Waals surface area (Å²) >= 11 is 2.20. The molecular formula is C13H19IN2O2. The largest absolute Gasteiger partial charge is 0.395 e. The third kappa shape index (κ3) is 5.22. The SMILES string of the molecule is CCCCN(CCO)C(=O)Nc1cccc(I)c1. The van der Waals surface area contributed by atoms with Crippen LogP contribution in [-0.2, 0) is 0 Å². The molecule has 100 valence electrons. The highest BCUT2D eigenvalue weighted by Gasteiger charge is 2.12. The van der Waals surface area contributed by atoms with Gasteiger partial charge < -0.3 is 15.3 Å². The topological polar surface area (TPSA) is 52.6 Å². The first-order chi connectivity index (χ1) is 8.67. The molecule has 0 saturated carbocycles. The van der Waals surface area contributed by atoms with Crippen LogP contribution >= 0.6 is 22.6 Å². The second-order valence-corrected chi connectivity index (χ2v) is 5.25. The van der Waals surface area contributed by atoms with Crippen LogP contribution in [0.4, 0.5) is 10.5 Å². The number of carbonyl (C=O) groups excluding carboxylic acids is 1. The third-order valence-electron chi connectivity index (χ3n) is 2.51. The number of hydrogen-bond acceptors (Lipinski definition) is 2. The van der Waals surface area contributed by atoms with Crippen molar-refractivity contribution in [1.82, 2.24) is 4.90 Å². The van der Waals surface area contributed by atoms with Crippen molar-refractivity contribution in [2.75, 3.05) is 25.0 Å². The quantitative estimate of drug-likeness (QED) is 0.765. The maximum Gasteiger partial charge on any atom is 0.321 e. The van der Waals surface area contributed by atoms with Crippen LogP contribution in [0.1, 0.15) is 19.8 Å². The van der Waals surface area contributed by atoms with Gasteiger partial charge in [0.1, 0.15) is 0 Å². The molecule has 0 spiro atoms. The number of nitrogens with one attached hydrogen (secondary N) is 1. The molecule has 1 aromatic carbocycles. The Hall–Kier alpha value is -0.820. The van der Waals surface area contributed by atoms with E-state index in [1.165, 1.54) is 0 Å². The maximum absolute atomic E-state index is 12.0. The average molecular weight is 362 g/mol. The van der Waals surface area contributed by atoms with Crippen molar-refractivity contribution in [1.29, 1.82) is 0 Å². The number of halogens is 1. The first-order valence-electron chi connectivity index (χ1n) is 6.09. The van der Waals surface area contributed by atoms with Gasteiger partial charge in [-0.15, -0.1) is 0 Å². The summed E-state index contributed by atoms with van der Waals surface area (Å²) in [6, 6.07) is 7.49. The van der Waals surface area contributed by atoms with Crippen molar-refractivity contribution in [3.8, 4) is 0 Å². The lowest BCUT2D eigenvalue weighted by molar-refractivity contribution is 0.187. The van der Waals surface area contributed by atoms with Crippen molar-refractivity contribution in [2.24, 2.45) is 0 Å². The predicted octanol–water partition coefficient (Wildman–Crippen LogP) is 2.92. The fourth-order valence-corrected chi connectivity index (χ4v) is 2.10. The molecule has 2 N–H and O–H groups in total. The smallest absolute Gasteiger partial charge is 0.321 e. The number of rotatable bonds is 6. The number of aliphatic hydroxyl groups excluding tert-OH is 1. The van der Waals surface area contributed by atoms with E-state index in [0.717, 1.165) is 22.1 Å². The molecule has 0 aliphatic heterocycles. The Morgan fingerprint density at radius 1 is 1.44 bits per heavy atom. The molecule has 4 nitrogen and oxygen atoms in total. The highest BCUT2D eigenvalue weighted by Crippen LogP contribution is 2.13. The highest BCUT2D eigenvalue weighted by molar-refractivity contribution is 14.1. The zero-order valence-corrected chi connectivity index (χ0v) is 12.7. The molecule has 0 heterocycles. The molecule has 18 heavy (non-hydrogen) atoms. The second-order valence-electron chi connectivity index (χ2n) is 4.00. The first-order valence-corrected chi connectivity index (χ1v) is 7.17. The summed E-state index contributed by atoms with van der Waals surface area (Å²) in [5, 5.41) is 11.8. The Kier molecular flexibility index (Phi) is 7.04. The van der Waals surface area contributed by atoms with Gasteiger partial charge in [0.15, 0.2) is 0 Å². The van der Waals surface area contributed by atoms with E-state index >= 15 is 0 Å². The zero-order chi connectivity index (χ0) is 13.4. The van der Waals surface area contributed by atoms with Crippen LogP contribution in [0, 0.1) is 3.57 Å². The van der Waals surface area contributed by atoms with Crippen molar-refractivity contribution >= 4 is 34.3 Å². The van der Waals surface area contributed by atoms with E-state index in [2.05, 4.69) is 34.8 Å². The number of aliphatic hydroxyl groups is 1. The lowest BCUT2D eigenvalue weighted by atomic mass is 10.3. The number of amides is 2. The molecule has 1 aromatic rings. The van der Waals surface area contributed by atoms with Gasteiger partial charge in [-0.3, -0.25) is 0 Å². The summed E-state index contributed by atoms with van der Waals surface area (Å²) in [5.41, 5.74) is 0.784. The van der Waals surface area contributed by atoms with E-state index in [0.29, 0.717) is 13.1 Å². The van der Waals surface area contributed by atoms with Crippen LogP contribution in [0.3, 0.4) is 0 Å². The Balaban J connectivity index is 2.60. The molecular weight excluding hydrogens is 343 g/mol. The van der Waals surface area contributed by atoms with Crippen LogP contribution in [0.2, 0.25) is 0 Å². The minimum absolute atomic E-state index is 0.0105. The summed E-state index contributed by atoms with van der Waals surface area (Å²) in [7, 11) is 0. The molecule has 0 bridgehead atoms. The molecule has 0 atom stereocenters. The number of anilines is 1.